The fraction of sp³-hybridized carbons (Fsp3) is 0.606. The smallest absolute Gasteiger partial charge is 0.453 e. The van der Waals surface area contributed by atoms with Gasteiger partial charge in [0.1, 0.15) is 17.2 Å². The van der Waals surface area contributed by atoms with E-state index >= 15 is 0 Å². The molecule has 0 bridgehead atoms. The minimum Gasteiger partial charge on any atom is -0.508 e. The number of ether oxygens (including phenoxy) is 1. The van der Waals surface area contributed by atoms with E-state index in [9.17, 15) is 42.1 Å². The molecule has 3 rings (SSSR count). The first-order chi connectivity index (χ1) is 20.3. The van der Waals surface area contributed by atoms with Crippen molar-refractivity contribution in [1.29, 1.82) is 0 Å². The van der Waals surface area contributed by atoms with Crippen LogP contribution in [0.4, 0.5) is 22.0 Å². The predicted octanol–water partition coefficient (Wildman–Crippen LogP) is 9.50. The summed E-state index contributed by atoms with van der Waals surface area (Å²) >= 11 is 0. The molecule has 0 amide bonds. The Morgan fingerprint density at radius 2 is 1.47 bits per heavy atom. The Hall–Kier alpha value is -3.04. The van der Waals surface area contributed by atoms with E-state index in [1.807, 2.05) is 18.2 Å². The van der Waals surface area contributed by atoms with E-state index in [4.69, 9.17) is 4.74 Å². The van der Waals surface area contributed by atoms with Crippen LogP contribution in [0.1, 0.15) is 107 Å². The Kier molecular flexibility index (Phi) is 12.1. The largest absolute Gasteiger partial charge is 0.508 e. The number of benzene rings is 2. The van der Waals surface area contributed by atoms with Crippen molar-refractivity contribution >= 4 is 5.97 Å². The highest BCUT2D eigenvalue weighted by Gasteiger charge is 2.56. The highest BCUT2D eigenvalue weighted by atomic mass is 19.4. The lowest BCUT2D eigenvalue weighted by molar-refractivity contribution is -0.284. The molecule has 0 fully saturated rings. The van der Waals surface area contributed by atoms with Crippen molar-refractivity contribution in [3.63, 3.8) is 0 Å². The Labute approximate surface area is 250 Å². The number of rotatable bonds is 17. The van der Waals surface area contributed by atoms with Gasteiger partial charge in [-0.3, -0.25) is 4.79 Å². The second-order valence-corrected chi connectivity index (χ2v) is 11.8. The molecule has 0 saturated carbocycles. The second kappa shape index (κ2) is 15.1. The molecule has 0 spiro atoms. The van der Waals surface area contributed by atoms with Crippen LogP contribution in [0.15, 0.2) is 42.5 Å². The molecule has 2 aromatic rings. The van der Waals surface area contributed by atoms with Gasteiger partial charge in [0.25, 0.3) is 0 Å². The molecule has 1 heterocycles. The first kappa shape index (κ1) is 34.5. The number of hydrogen-bond donors (Lipinski definition) is 3. The third kappa shape index (κ3) is 8.99. The molecule has 3 atom stereocenters. The molecular weight excluding hydrogens is 571 g/mol. The van der Waals surface area contributed by atoms with Gasteiger partial charge in [-0.25, -0.2) is 0 Å². The second-order valence-electron chi connectivity index (χ2n) is 11.8. The van der Waals surface area contributed by atoms with Gasteiger partial charge in [-0.15, -0.1) is 0 Å². The molecule has 10 heteroatoms. The monoisotopic (exact) mass is 614 g/mol. The van der Waals surface area contributed by atoms with E-state index in [0.717, 1.165) is 62.5 Å². The molecule has 0 saturated heterocycles. The van der Waals surface area contributed by atoms with Crippen LogP contribution in [0.3, 0.4) is 0 Å². The maximum atomic E-state index is 13.1. The van der Waals surface area contributed by atoms with Crippen LogP contribution in [-0.2, 0) is 10.2 Å². The molecule has 0 aromatic heterocycles. The zero-order valence-corrected chi connectivity index (χ0v) is 24.6. The summed E-state index contributed by atoms with van der Waals surface area (Å²) in [6, 6.07) is 12.6. The van der Waals surface area contributed by atoms with Crippen molar-refractivity contribution in [1.82, 2.24) is 0 Å². The molecule has 1 aliphatic rings. The molecule has 3 N–H and O–H groups in total. The van der Waals surface area contributed by atoms with Crippen LogP contribution in [0.25, 0.3) is 0 Å². The predicted molar refractivity (Wildman–Crippen MR) is 154 cm³/mol. The molecule has 0 aliphatic carbocycles. The highest BCUT2D eigenvalue weighted by molar-refractivity contribution is 5.69. The average molecular weight is 615 g/mol. The van der Waals surface area contributed by atoms with Gasteiger partial charge in [0.2, 0.25) is 0 Å². The van der Waals surface area contributed by atoms with E-state index in [1.54, 1.807) is 24.3 Å². The number of carbonyl (C=O) groups is 1. The first-order valence-electron chi connectivity index (χ1n) is 15.2. The standard InChI is InChI=1S/C33H43F5O5/c1-2-31(24-14-16-25(39)17-15-24)22-43-29-21-26(40)18-19-27(29)28(31)13-9-7-5-3-4-6-8-11-23(30(41)42)12-10-20-32(34,35)33(36,37)38/h14-19,21,23,28,39-40H,2-13,20,22H2,1H3,(H,41,42). The lowest BCUT2D eigenvalue weighted by atomic mass is 9.63. The minimum atomic E-state index is -5.61. The van der Waals surface area contributed by atoms with Crippen molar-refractivity contribution in [2.75, 3.05) is 6.61 Å². The van der Waals surface area contributed by atoms with Crippen molar-refractivity contribution in [3.05, 3.63) is 53.6 Å². The Bertz CT molecular complexity index is 1170. The Balaban J connectivity index is 1.44. The third-order valence-electron chi connectivity index (χ3n) is 8.95. The summed E-state index contributed by atoms with van der Waals surface area (Å²) in [6.45, 7) is 2.61. The Morgan fingerprint density at radius 1 is 0.884 bits per heavy atom. The highest BCUT2D eigenvalue weighted by Crippen LogP contribution is 2.51. The van der Waals surface area contributed by atoms with Crippen LogP contribution in [0.5, 0.6) is 17.2 Å². The fourth-order valence-electron chi connectivity index (χ4n) is 6.33. The zero-order chi connectivity index (χ0) is 31.7. The van der Waals surface area contributed by atoms with Crippen LogP contribution >= 0.6 is 0 Å². The minimum absolute atomic E-state index is 0.156. The third-order valence-corrected chi connectivity index (χ3v) is 8.95. The van der Waals surface area contributed by atoms with Gasteiger partial charge in [0.15, 0.2) is 0 Å². The number of alkyl halides is 5. The van der Waals surface area contributed by atoms with Gasteiger partial charge in [-0.2, -0.15) is 22.0 Å². The van der Waals surface area contributed by atoms with Crippen molar-refractivity contribution in [2.24, 2.45) is 5.92 Å². The summed E-state index contributed by atoms with van der Waals surface area (Å²) < 4.78 is 69.3. The van der Waals surface area contributed by atoms with E-state index in [-0.39, 0.29) is 35.7 Å². The summed E-state index contributed by atoms with van der Waals surface area (Å²) in [4.78, 5) is 11.4. The molecule has 43 heavy (non-hydrogen) atoms. The maximum absolute atomic E-state index is 13.1. The van der Waals surface area contributed by atoms with Crippen molar-refractivity contribution < 1.29 is 46.8 Å². The van der Waals surface area contributed by atoms with Crippen LogP contribution in [0, 0.1) is 5.92 Å². The number of aliphatic carboxylic acids is 1. The van der Waals surface area contributed by atoms with E-state index in [2.05, 4.69) is 6.92 Å². The molecular formula is C33H43F5O5. The Morgan fingerprint density at radius 3 is 2.07 bits per heavy atom. The van der Waals surface area contributed by atoms with Gasteiger partial charge in [0, 0.05) is 23.8 Å². The molecule has 2 aromatic carbocycles. The van der Waals surface area contributed by atoms with Gasteiger partial charge in [-0.05, 0) is 61.4 Å². The van der Waals surface area contributed by atoms with E-state index < -0.39 is 36.8 Å². The number of carboxylic acid groups (broad SMARTS) is 1. The summed E-state index contributed by atoms with van der Waals surface area (Å²) in [5.74, 6) is -5.65. The number of fused-ring (bicyclic) bond motifs is 1. The van der Waals surface area contributed by atoms with Crippen LogP contribution < -0.4 is 4.74 Å². The lowest BCUT2D eigenvalue weighted by Gasteiger charge is -2.45. The number of hydrogen-bond acceptors (Lipinski definition) is 4. The summed E-state index contributed by atoms with van der Waals surface area (Å²) in [5, 5.41) is 29.2. The summed E-state index contributed by atoms with van der Waals surface area (Å²) in [5.41, 5.74) is 1.89. The van der Waals surface area contributed by atoms with Gasteiger partial charge in [0.05, 0.1) is 12.5 Å². The van der Waals surface area contributed by atoms with Gasteiger partial charge < -0.3 is 20.1 Å². The normalized spacial score (nSPS) is 19.4. The number of unbranched alkanes of at least 4 members (excludes halogenated alkanes) is 6. The van der Waals surface area contributed by atoms with Gasteiger partial charge in [-0.1, -0.05) is 70.1 Å². The lowest BCUT2D eigenvalue weighted by Crippen LogP contribution is -2.42. The molecule has 3 unspecified atom stereocenters. The number of phenolic OH excluding ortho intramolecular Hbond substituents is 2. The SMILES string of the molecule is CCC1(c2ccc(O)cc2)COc2cc(O)ccc2C1CCCCCCCCCC(CCCC(F)(F)C(F)(F)F)C(=O)O. The van der Waals surface area contributed by atoms with Gasteiger partial charge >= 0.3 is 18.1 Å². The van der Waals surface area contributed by atoms with Crippen LogP contribution in [0.2, 0.25) is 0 Å². The maximum Gasteiger partial charge on any atom is 0.453 e. The van der Waals surface area contributed by atoms with E-state index in [0.29, 0.717) is 18.8 Å². The number of phenols is 2. The number of carboxylic acids is 1. The van der Waals surface area contributed by atoms with Crippen molar-refractivity contribution in [3.8, 4) is 17.2 Å². The average Bonchev–Trinajstić information content (AvgIpc) is 2.94. The summed E-state index contributed by atoms with van der Waals surface area (Å²) in [6.07, 6.45) is 0.536. The molecule has 1 aliphatic heterocycles. The molecule has 5 nitrogen and oxygen atoms in total. The van der Waals surface area contributed by atoms with Crippen LogP contribution in [-0.4, -0.2) is 40.0 Å². The van der Waals surface area contributed by atoms with E-state index in [1.165, 1.54) is 0 Å². The summed E-state index contributed by atoms with van der Waals surface area (Å²) in [7, 11) is 0. The topological polar surface area (TPSA) is 87.0 Å². The van der Waals surface area contributed by atoms with Crippen molar-refractivity contribution in [2.45, 2.75) is 114 Å². The fourth-order valence-corrected chi connectivity index (χ4v) is 6.33. The number of aromatic hydroxyl groups is 2. The number of halogens is 5. The molecule has 0 radical (unpaired) electrons. The first-order valence-corrected chi connectivity index (χ1v) is 15.2. The quantitative estimate of drug-likeness (QED) is 0.122. The molecule has 240 valence electrons. The zero-order valence-electron chi connectivity index (χ0n) is 24.6.